The predicted molar refractivity (Wildman–Crippen MR) is 107 cm³/mol. The highest BCUT2D eigenvalue weighted by atomic mass is 16.2. The van der Waals surface area contributed by atoms with Crippen molar-refractivity contribution in [3.05, 3.63) is 65.5 Å². The van der Waals surface area contributed by atoms with Crippen LogP contribution in [0.2, 0.25) is 0 Å². The number of aromatic nitrogens is 1. The topological polar surface area (TPSA) is 60.2 Å². The molecule has 1 aromatic heterocycles. The molecule has 1 amide bonds. The Bertz CT molecular complexity index is 838. The molecule has 0 aliphatic carbocycles. The lowest BCUT2D eigenvalue weighted by atomic mass is 9.71. The van der Waals surface area contributed by atoms with Gasteiger partial charge in [0.05, 0.1) is 11.6 Å². The van der Waals surface area contributed by atoms with Crippen LogP contribution in [-0.2, 0) is 6.54 Å². The van der Waals surface area contributed by atoms with Crippen LogP contribution in [0.3, 0.4) is 0 Å². The second-order valence-electron chi connectivity index (χ2n) is 8.11. The third-order valence-corrected chi connectivity index (χ3v) is 6.44. The van der Waals surface area contributed by atoms with E-state index in [0.717, 1.165) is 56.7 Å². The van der Waals surface area contributed by atoms with Crippen LogP contribution in [0, 0.1) is 16.7 Å². The lowest BCUT2D eigenvalue weighted by Gasteiger charge is -2.47. The molecule has 1 spiro atoms. The molecule has 1 aromatic carbocycles. The van der Waals surface area contributed by atoms with E-state index in [1.807, 2.05) is 17.0 Å². The summed E-state index contributed by atoms with van der Waals surface area (Å²) in [6, 6.07) is 13.7. The van der Waals surface area contributed by atoms with E-state index in [0.29, 0.717) is 5.41 Å². The minimum absolute atomic E-state index is 0.135. The maximum atomic E-state index is 12.6. The molecule has 3 heterocycles. The summed E-state index contributed by atoms with van der Waals surface area (Å²) in [5, 5.41) is 8.92. The number of nitrogens with zero attached hydrogens (tertiary/aromatic N) is 4. The first-order valence-corrected chi connectivity index (χ1v) is 10.1. The van der Waals surface area contributed by atoms with Crippen molar-refractivity contribution in [1.29, 1.82) is 5.26 Å². The highest BCUT2D eigenvalue weighted by Gasteiger charge is 2.38. The van der Waals surface area contributed by atoms with Crippen LogP contribution in [-0.4, -0.2) is 46.9 Å². The second-order valence-corrected chi connectivity index (χ2v) is 8.11. The summed E-state index contributed by atoms with van der Waals surface area (Å²) in [5.41, 5.74) is 3.13. The summed E-state index contributed by atoms with van der Waals surface area (Å²) < 4.78 is 0. The maximum Gasteiger partial charge on any atom is 0.253 e. The zero-order valence-electron chi connectivity index (χ0n) is 16.2. The van der Waals surface area contributed by atoms with Gasteiger partial charge in [-0.3, -0.25) is 14.7 Å². The van der Waals surface area contributed by atoms with Gasteiger partial charge in [0.2, 0.25) is 0 Å². The van der Waals surface area contributed by atoms with Gasteiger partial charge < -0.3 is 4.90 Å². The van der Waals surface area contributed by atoms with Gasteiger partial charge in [0.25, 0.3) is 5.91 Å². The van der Waals surface area contributed by atoms with Crippen LogP contribution in [0.5, 0.6) is 0 Å². The number of carbonyl (C=O) groups is 1. The van der Waals surface area contributed by atoms with Gasteiger partial charge in [-0.15, -0.1) is 0 Å². The number of likely N-dealkylation sites (tertiary alicyclic amines) is 2. The molecule has 28 heavy (non-hydrogen) atoms. The molecule has 0 atom stereocenters. The Morgan fingerprint density at radius 2 is 1.57 bits per heavy atom. The Hall–Kier alpha value is -2.71. The van der Waals surface area contributed by atoms with Crippen LogP contribution in [0.4, 0.5) is 0 Å². The predicted octanol–water partition coefficient (Wildman–Crippen LogP) is 3.47. The Morgan fingerprint density at radius 1 is 0.964 bits per heavy atom. The molecule has 2 fully saturated rings. The monoisotopic (exact) mass is 374 g/mol. The maximum absolute atomic E-state index is 12.6. The summed E-state index contributed by atoms with van der Waals surface area (Å²) in [5.74, 6) is 0.135. The van der Waals surface area contributed by atoms with E-state index in [1.54, 1.807) is 24.5 Å². The highest BCUT2D eigenvalue weighted by molar-refractivity contribution is 5.94. The molecule has 5 heteroatoms. The molecule has 0 bridgehead atoms. The Morgan fingerprint density at radius 3 is 2.18 bits per heavy atom. The average Bonchev–Trinajstić information content (AvgIpc) is 2.77. The van der Waals surface area contributed by atoms with Crippen molar-refractivity contribution in [3.8, 4) is 6.07 Å². The van der Waals surface area contributed by atoms with Crippen LogP contribution >= 0.6 is 0 Å². The smallest absolute Gasteiger partial charge is 0.253 e. The van der Waals surface area contributed by atoms with Crippen molar-refractivity contribution in [3.63, 3.8) is 0 Å². The summed E-state index contributed by atoms with van der Waals surface area (Å²) in [7, 11) is 0. The van der Waals surface area contributed by atoms with Gasteiger partial charge in [0.15, 0.2) is 0 Å². The molecule has 0 N–H and O–H groups in total. The lowest BCUT2D eigenvalue weighted by molar-refractivity contribution is 0.0285. The molecule has 0 radical (unpaired) electrons. The van der Waals surface area contributed by atoms with Crippen LogP contribution < -0.4 is 0 Å². The number of carbonyl (C=O) groups excluding carboxylic acids is 1. The first kappa shape index (κ1) is 18.6. The lowest BCUT2D eigenvalue weighted by Crippen LogP contribution is -2.48. The van der Waals surface area contributed by atoms with Crippen LogP contribution in [0.25, 0.3) is 0 Å². The number of benzene rings is 1. The van der Waals surface area contributed by atoms with Crippen molar-refractivity contribution >= 4 is 5.91 Å². The van der Waals surface area contributed by atoms with Crippen molar-refractivity contribution in [1.82, 2.24) is 14.8 Å². The van der Waals surface area contributed by atoms with E-state index in [2.05, 4.69) is 28.1 Å². The fourth-order valence-electron chi connectivity index (χ4n) is 4.49. The van der Waals surface area contributed by atoms with E-state index in [1.165, 1.54) is 18.4 Å². The molecule has 4 rings (SSSR count). The Balaban J connectivity index is 1.28. The van der Waals surface area contributed by atoms with Gasteiger partial charge >= 0.3 is 0 Å². The summed E-state index contributed by atoms with van der Waals surface area (Å²) in [4.78, 5) is 21.2. The highest BCUT2D eigenvalue weighted by Crippen LogP contribution is 2.41. The fraction of sp³-hybridized carbons (Fsp3) is 0.435. The number of rotatable bonds is 3. The van der Waals surface area contributed by atoms with Crippen molar-refractivity contribution in [2.24, 2.45) is 5.41 Å². The van der Waals surface area contributed by atoms with Gasteiger partial charge in [-0.1, -0.05) is 12.1 Å². The Labute approximate surface area is 166 Å². The van der Waals surface area contributed by atoms with E-state index in [-0.39, 0.29) is 5.91 Å². The third-order valence-electron chi connectivity index (χ3n) is 6.44. The van der Waals surface area contributed by atoms with E-state index < -0.39 is 0 Å². The second kappa shape index (κ2) is 8.12. The molecule has 144 valence electrons. The number of nitriles is 1. The molecule has 5 nitrogen and oxygen atoms in total. The fourth-order valence-corrected chi connectivity index (χ4v) is 4.49. The van der Waals surface area contributed by atoms with Gasteiger partial charge in [-0.05, 0) is 74.0 Å². The average molecular weight is 374 g/mol. The zero-order chi connectivity index (χ0) is 19.4. The summed E-state index contributed by atoms with van der Waals surface area (Å²) >= 11 is 0. The molecule has 2 aliphatic heterocycles. The summed E-state index contributed by atoms with van der Waals surface area (Å²) in [6.45, 7) is 4.89. The molecule has 2 aliphatic rings. The summed E-state index contributed by atoms with van der Waals surface area (Å²) in [6.07, 6.45) is 7.99. The van der Waals surface area contributed by atoms with Gasteiger partial charge in [-0.2, -0.15) is 5.26 Å². The minimum atomic E-state index is 0.135. The van der Waals surface area contributed by atoms with Crippen LogP contribution in [0.15, 0.2) is 48.8 Å². The largest absolute Gasteiger partial charge is 0.339 e. The van der Waals surface area contributed by atoms with E-state index in [9.17, 15) is 4.79 Å². The van der Waals surface area contributed by atoms with Crippen molar-refractivity contribution in [2.45, 2.75) is 32.2 Å². The number of piperidine rings is 2. The van der Waals surface area contributed by atoms with Crippen molar-refractivity contribution < 1.29 is 4.79 Å². The quantitative estimate of drug-likeness (QED) is 0.825. The molecule has 2 aromatic rings. The first-order chi connectivity index (χ1) is 13.7. The molecular formula is C23H26N4O. The number of amides is 1. The minimum Gasteiger partial charge on any atom is -0.339 e. The first-order valence-electron chi connectivity index (χ1n) is 10.1. The van der Waals surface area contributed by atoms with Gasteiger partial charge in [0, 0.05) is 37.6 Å². The van der Waals surface area contributed by atoms with Crippen LogP contribution in [0.1, 0.15) is 47.2 Å². The molecule has 2 saturated heterocycles. The number of hydrogen-bond donors (Lipinski definition) is 0. The third kappa shape index (κ3) is 4.07. The van der Waals surface area contributed by atoms with Gasteiger partial charge in [-0.25, -0.2) is 0 Å². The zero-order valence-corrected chi connectivity index (χ0v) is 16.2. The molecule has 0 unspecified atom stereocenters. The van der Waals surface area contributed by atoms with Crippen molar-refractivity contribution in [2.75, 3.05) is 26.2 Å². The normalized spacial score (nSPS) is 19.3. The molecule has 0 saturated carbocycles. The Kier molecular flexibility index (Phi) is 5.40. The number of pyridine rings is 1. The SMILES string of the molecule is N#Cc1ccc(CN2CCC3(CC2)CCN(C(=O)c2ccncc2)CC3)cc1. The van der Waals surface area contributed by atoms with Gasteiger partial charge in [0.1, 0.15) is 0 Å². The standard InChI is InChI=1S/C23H26N4O/c24-17-19-1-3-20(4-2-19)18-26-13-7-23(8-14-26)9-15-27(16-10-23)22(28)21-5-11-25-12-6-21/h1-6,11-12H,7-10,13-16,18H2. The van der Waals surface area contributed by atoms with E-state index in [4.69, 9.17) is 5.26 Å². The number of hydrogen-bond acceptors (Lipinski definition) is 4. The van der Waals surface area contributed by atoms with E-state index >= 15 is 0 Å². The molecular weight excluding hydrogens is 348 g/mol.